The van der Waals surface area contributed by atoms with Crippen LogP contribution in [0.25, 0.3) is 0 Å². The number of hydrogen-bond donors (Lipinski definition) is 1. The van der Waals surface area contributed by atoms with Gasteiger partial charge < -0.3 is 14.6 Å². The van der Waals surface area contributed by atoms with Gasteiger partial charge in [0.1, 0.15) is 6.10 Å². The molecule has 1 atom stereocenters. The van der Waals surface area contributed by atoms with E-state index in [0.717, 1.165) is 12.8 Å². The van der Waals surface area contributed by atoms with Gasteiger partial charge in [0.2, 0.25) is 11.7 Å². The van der Waals surface area contributed by atoms with E-state index in [2.05, 4.69) is 22.4 Å². The van der Waals surface area contributed by atoms with Gasteiger partial charge in [-0.05, 0) is 13.5 Å². The van der Waals surface area contributed by atoms with E-state index in [0.29, 0.717) is 18.3 Å². The second-order valence-corrected chi connectivity index (χ2v) is 3.09. The number of nitrogens with one attached hydrogen (secondary N) is 1. The molecule has 0 radical (unpaired) electrons. The Labute approximate surface area is 83.8 Å². The van der Waals surface area contributed by atoms with Gasteiger partial charge in [0.15, 0.2) is 0 Å². The number of nitrogens with zero attached hydrogens (tertiary/aromatic N) is 2. The Bertz CT molecular complexity index is 262. The highest BCUT2D eigenvalue weighted by atomic mass is 16.5. The molecule has 0 aliphatic carbocycles. The first-order valence-electron chi connectivity index (χ1n) is 4.81. The normalized spacial score (nSPS) is 13.1. The predicted octanol–water partition coefficient (Wildman–Crippen LogP) is 1.28. The van der Waals surface area contributed by atoms with Crippen LogP contribution < -0.4 is 5.32 Å². The number of methoxy groups -OCH3 is 1. The summed E-state index contributed by atoms with van der Waals surface area (Å²) in [6, 6.07) is 0. The SMILES string of the molecule is CCCC(OC)c1noc(CNC)n1. The van der Waals surface area contributed by atoms with Crippen LogP contribution in [0.5, 0.6) is 0 Å². The third-order valence-electron chi connectivity index (χ3n) is 1.94. The minimum Gasteiger partial charge on any atom is -0.373 e. The third-order valence-corrected chi connectivity index (χ3v) is 1.94. The summed E-state index contributed by atoms with van der Waals surface area (Å²) in [5, 5.41) is 6.82. The molecule has 0 fully saturated rings. The van der Waals surface area contributed by atoms with Gasteiger partial charge in [0.05, 0.1) is 6.54 Å². The first-order chi connectivity index (χ1) is 6.81. The van der Waals surface area contributed by atoms with Crippen molar-refractivity contribution in [3.8, 4) is 0 Å². The fourth-order valence-corrected chi connectivity index (χ4v) is 1.24. The molecule has 1 aromatic rings. The van der Waals surface area contributed by atoms with Crippen LogP contribution in [0.2, 0.25) is 0 Å². The van der Waals surface area contributed by atoms with Gasteiger partial charge in [-0.2, -0.15) is 4.98 Å². The molecule has 0 saturated heterocycles. The first-order valence-corrected chi connectivity index (χ1v) is 4.81. The van der Waals surface area contributed by atoms with Gasteiger partial charge in [-0.1, -0.05) is 18.5 Å². The van der Waals surface area contributed by atoms with Crippen LogP contribution in [-0.4, -0.2) is 24.3 Å². The molecule has 0 saturated carbocycles. The van der Waals surface area contributed by atoms with Crippen molar-refractivity contribution in [1.29, 1.82) is 0 Å². The highest BCUT2D eigenvalue weighted by Gasteiger charge is 2.16. The minimum atomic E-state index is -0.0469. The van der Waals surface area contributed by atoms with Crippen LogP contribution >= 0.6 is 0 Å². The summed E-state index contributed by atoms with van der Waals surface area (Å²) in [5.74, 6) is 1.24. The van der Waals surface area contributed by atoms with Crippen molar-refractivity contribution in [3.63, 3.8) is 0 Å². The van der Waals surface area contributed by atoms with Crippen LogP contribution in [-0.2, 0) is 11.3 Å². The molecule has 0 aliphatic rings. The zero-order valence-electron chi connectivity index (χ0n) is 8.91. The van der Waals surface area contributed by atoms with E-state index in [1.54, 1.807) is 7.11 Å². The summed E-state index contributed by atoms with van der Waals surface area (Å²) in [7, 11) is 3.50. The third kappa shape index (κ3) is 2.78. The average molecular weight is 199 g/mol. The second-order valence-electron chi connectivity index (χ2n) is 3.09. The number of aromatic nitrogens is 2. The van der Waals surface area contributed by atoms with Crippen molar-refractivity contribution in [3.05, 3.63) is 11.7 Å². The Morgan fingerprint density at radius 2 is 2.36 bits per heavy atom. The number of ether oxygens (including phenoxy) is 1. The van der Waals surface area contributed by atoms with Crippen molar-refractivity contribution in [1.82, 2.24) is 15.5 Å². The average Bonchev–Trinajstić information content (AvgIpc) is 2.63. The minimum absolute atomic E-state index is 0.0469. The lowest BCUT2D eigenvalue weighted by atomic mass is 10.2. The first kappa shape index (κ1) is 11.1. The van der Waals surface area contributed by atoms with Gasteiger partial charge in [-0.3, -0.25) is 0 Å². The predicted molar refractivity (Wildman–Crippen MR) is 51.7 cm³/mol. The Kier molecular flexibility index (Phi) is 4.55. The van der Waals surface area contributed by atoms with Gasteiger partial charge in [0.25, 0.3) is 0 Å². The zero-order valence-corrected chi connectivity index (χ0v) is 8.91. The molecule has 0 amide bonds. The van der Waals surface area contributed by atoms with Crippen molar-refractivity contribution in [2.24, 2.45) is 0 Å². The van der Waals surface area contributed by atoms with Crippen LogP contribution in [0.4, 0.5) is 0 Å². The molecule has 5 nitrogen and oxygen atoms in total. The Morgan fingerprint density at radius 3 is 2.93 bits per heavy atom. The number of hydrogen-bond acceptors (Lipinski definition) is 5. The lowest BCUT2D eigenvalue weighted by molar-refractivity contribution is 0.0854. The van der Waals surface area contributed by atoms with Gasteiger partial charge >= 0.3 is 0 Å². The maximum absolute atomic E-state index is 5.26. The van der Waals surface area contributed by atoms with Gasteiger partial charge in [-0.25, -0.2) is 0 Å². The second kappa shape index (κ2) is 5.72. The van der Waals surface area contributed by atoms with E-state index >= 15 is 0 Å². The van der Waals surface area contributed by atoms with E-state index in [1.807, 2.05) is 7.05 Å². The van der Waals surface area contributed by atoms with Gasteiger partial charge in [0, 0.05) is 7.11 Å². The maximum Gasteiger partial charge on any atom is 0.240 e. The molecule has 1 rings (SSSR count). The molecule has 1 heterocycles. The molecule has 14 heavy (non-hydrogen) atoms. The highest BCUT2D eigenvalue weighted by molar-refractivity contribution is 4.90. The molecule has 5 heteroatoms. The molecule has 80 valence electrons. The molecule has 0 bridgehead atoms. The zero-order chi connectivity index (χ0) is 10.4. The summed E-state index contributed by atoms with van der Waals surface area (Å²) in [4.78, 5) is 4.22. The van der Waals surface area contributed by atoms with Crippen LogP contribution in [0.15, 0.2) is 4.52 Å². The summed E-state index contributed by atoms with van der Waals surface area (Å²) in [5.41, 5.74) is 0. The largest absolute Gasteiger partial charge is 0.373 e. The molecule has 1 unspecified atom stereocenters. The van der Waals surface area contributed by atoms with Gasteiger partial charge in [-0.15, -0.1) is 0 Å². The molecule has 1 aromatic heterocycles. The van der Waals surface area contributed by atoms with E-state index in [4.69, 9.17) is 9.26 Å². The summed E-state index contributed by atoms with van der Waals surface area (Å²) in [6.07, 6.45) is 1.90. The number of rotatable bonds is 6. The van der Waals surface area contributed by atoms with Crippen molar-refractivity contribution >= 4 is 0 Å². The molecule has 0 spiro atoms. The fraction of sp³-hybridized carbons (Fsp3) is 0.778. The lowest BCUT2D eigenvalue weighted by Gasteiger charge is -2.08. The summed E-state index contributed by atoms with van der Waals surface area (Å²) < 4.78 is 10.3. The van der Waals surface area contributed by atoms with E-state index in [1.165, 1.54) is 0 Å². The molecular weight excluding hydrogens is 182 g/mol. The van der Waals surface area contributed by atoms with E-state index < -0.39 is 0 Å². The van der Waals surface area contributed by atoms with E-state index in [9.17, 15) is 0 Å². The van der Waals surface area contributed by atoms with Crippen molar-refractivity contribution in [2.75, 3.05) is 14.2 Å². The van der Waals surface area contributed by atoms with Crippen LogP contribution in [0.3, 0.4) is 0 Å². The smallest absolute Gasteiger partial charge is 0.240 e. The lowest BCUT2D eigenvalue weighted by Crippen LogP contribution is -2.06. The molecular formula is C9H17N3O2. The standard InChI is InChI=1S/C9H17N3O2/c1-4-5-7(13-3)9-11-8(6-10-2)14-12-9/h7,10H,4-6H2,1-3H3. The van der Waals surface area contributed by atoms with Crippen LogP contribution in [0.1, 0.15) is 37.6 Å². The highest BCUT2D eigenvalue weighted by Crippen LogP contribution is 2.18. The van der Waals surface area contributed by atoms with E-state index in [-0.39, 0.29) is 6.10 Å². The van der Waals surface area contributed by atoms with Crippen molar-refractivity contribution < 1.29 is 9.26 Å². The molecule has 0 aromatic carbocycles. The quantitative estimate of drug-likeness (QED) is 0.747. The fourth-order valence-electron chi connectivity index (χ4n) is 1.24. The Morgan fingerprint density at radius 1 is 1.57 bits per heavy atom. The molecule has 0 aliphatic heterocycles. The Balaban J connectivity index is 2.63. The van der Waals surface area contributed by atoms with Crippen molar-refractivity contribution in [2.45, 2.75) is 32.4 Å². The summed E-state index contributed by atoms with van der Waals surface area (Å²) in [6.45, 7) is 2.69. The maximum atomic E-state index is 5.26. The summed E-state index contributed by atoms with van der Waals surface area (Å²) >= 11 is 0. The Hall–Kier alpha value is -0.940. The molecule has 1 N–H and O–H groups in total. The topological polar surface area (TPSA) is 60.2 Å². The van der Waals surface area contributed by atoms with Crippen LogP contribution in [0, 0.1) is 0 Å². The monoisotopic (exact) mass is 199 g/mol.